The number of hydrogen-bond donors (Lipinski definition) is 0. The summed E-state index contributed by atoms with van der Waals surface area (Å²) < 4.78 is 0. The standard InChI is InChI=1S/C15H22O/c1-9(2)13(12(5)16)14-10(3)8-11(4)15(14,6)7/h8H,1-7H3. The smallest absolute Gasteiger partial charge is 0.160 e. The van der Waals surface area contributed by atoms with Crippen molar-refractivity contribution in [3.8, 4) is 0 Å². The van der Waals surface area contributed by atoms with Gasteiger partial charge in [0.1, 0.15) is 0 Å². The first-order valence-electron chi connectivity index (χ1n) is 5.78. The lowest BCUT2D eigenvalue weighted by Gasteiger charge is -2.27. The van der Waals surface area contributed by atoms with Crippen molar-refractivity contribution in [2.75, 3.05) is 0 Å². The molecule has 1 aliphatic carbocycles. The van der Waals surface area contributed by atoms with E-state index in [4.69, 9.17) is 0 Å². The van der Waals surface area contributed by atoms with E-state index in [1.165, 1.54) is 16.7 Å². The van der Waals surface area contributed by atoms with Crippen molar-refractivity contribution in [2.45, 2.75) is 48.5 Å². The van der Waals surface area contributed by atoms with Crippen molar-refractivity contribution < 1.29 is 4.79 Å². The quantitative estimate of drug-likeness (QED) is 0.634. The summed E-state index contributed by atoms with van der Waals surface area (Å²) in [5.41, 5.74) is 5.78. The van der Waals surface area contributed by atoms with Crippen LogP contribution in [0.2, 0.25) is 0 Å². The minimum absolute atomic E-state index is 0.0116. The monoisotopic (exact) mass is 218 g/mol. The Labute approximate surface area is 98.9 Å². The molecule has 0 spiro atoms. The topological polar surface area (TPSA) is 17.1 Å². The third kappa shape index (κ3) is 1.91. The minimum atomic E-state index is -0.0116. The van der Waals surface area contributed by atoms with Gasteiger partial charge in [-0.3, -0.25) is 4.79 Å². The van der Waals surface area contributed by atoms with E-state index in [1.807, 2.05) is 13.8 Å². The van der Waals surface area contributed by atoms with Gasteiger partial charge in [-0.2, -0.15) is 0 Å². The number of ketones is 1. The molecule has 0 aromatic rings. The zero-order valence-corrected chi connectivity index (χ0v) is 11.5. The summed E-state index contributed by atoms with van der Waals surface area (Å²) in [6.45, 7) is 14.3. The molecule has 0 heterocycles. The molecule has 0 saturated heterocycles. The average Bonchev–Trinajstić information content (AvgIpc) is 2.27. The maximum Gasteiger partial charge on any atom is 0.160 e. The molecule has 1 nitrogen and oxygen atoms in total. The minimum Gasteiger partial charge on any atom is -0.295 e. The van der Waals surface area contributed by atoms with Gasteiger partial charge in [0.05, 0.1) is 0 Å². The van der Waals surface area contributed by atoms with E-state index in [9.17, 15) is 4.79 Å². The van der Waals surface area contributed by atoms with Gasteiger partial charge in [0.15, 0.2) is 5.78 Å². The highest BCUT2D eigenvalue weighted by Crippen LogP contribution is 2.46. The predicted molar refractivity (Wildman–Crippen MR) is 69.3 cm³/mol. The molecular formula is C15H22O. The van der Waals surface area contributed by atoms with Gasteiger partial charge in [-0.05, 0) is 45.8 Å². The summed E-state index contributed by atoms with van der Waals surface area (Å²) in [6, 6.07) is 0. The molecule has 0 amide bonds. The summed E-state index contributed by atoms with van der Waals surface area (Å²) in [4.78, 5) is 11.8. The van der Waals surface area contributed by atoms with Crippen LogP contribution in [0.5, 0.6) is 0 Å². The van der Waals surface area contributed by atoms with Gasteiger partial charge >= 0.3 is 0 Å². The number of Topliss-reactive ketones (excluding diaryl/α,β-unsaturated/α-hetero) is 1. The highest BCUT2D eigenvalue weighted by atomic mass is 16.1. The van der Waals surface area contributed by atoms with Gasteiger partial charge in [-0.1, -0.05) is 31.1 Å². The van der Waals surface area contributed by atoms with Crippen LogP contribution in [0.25, 0.3) is 0 Å². The molecule has 1 heteroatoms. The first-order chi connectivity index (χ1) is 7.19. The summed E-state index contributed by atoms with van der Waals surface area (Å²) in [5.74, 6) is 0.172. The Morgan fingerprint density at radius 2 is 1.62 bits per heavy atom. The third-order valence-electron chi connectivity index (χ3n) is 3.54. The fourth-order valence-electron chi connectivity index (χ4n) is 2.56. The zero-order valence-electron chi connectivity index (χ0n) is 11.5. The predicted octanol–water partition coefficient (Wildman–Crippen LogP) is 4.21. The molecule has 1 rings (SSSR count). The molecule has 0 fully saturated rings. The molecule has 0 bridgehead atoms. The molecule has 0 unspecified atom stereocenters. The highest BCUT2D eigenvalue weighted by Gasteiger charge is 2.34. The maximum absolute atomic E-state index is 11.8. The van der Waals surface area contributed by atoms with Crippen LogP contribution in [0.3, 0.4) is 0 Å². The van der Waals surface area contributed by atoms with Crippen LogP contribution in [-0.4, -0.2) is 5.78 Å². The van der Waals surface area contributed by atoms with Gasteiger partial charge in [-0.25, -0.2) is 0 Å². The summed E-state index contributed by atoms with van der Waals surface area (Å²) >= 11 is 0. The van der Waals surface area contributed by atoms with Gasteiger partial charge in [-0.15, -0.1) is 0 Å². The van der Waals surface area contributed by atoms with Crippen LogP contribution >= 0.6 is 0 Å². The fourth-order valence-corrected chi connectivity index (χ4v) is 2.56. The molecule has 0 aromatic carbocycles. The second-order valence-corrected chi connectivity index (χ2v) is 5.44. The first-order valence-corrected chi connectivity index (χ1v) is 5.78. The number of rotatable bonds is 2. The van der Waals surface area contributed by atoms with Gasteiger partial charge in [0, 0.05) is 11.0 Å². The molecule has 0 aromatic heterocycles. The van der Waals surface area contributed by atoms with Gasteiger partial charge in [0.2, 0.25) is 0 Å². The molecule has 88 valence electrons. The lowest BCUT2D eigenvalue weighted by molar-refractivity contribution is -0.113. The normalized spacial score (nSPS) is 18.6. The largest absolute Gasteiger partial charge is 0.295 e. The van der Waals surface area contributed by atoms with Crippen molar-refractivity contribution in [3.63, 3.8) is 0 Å². The number of carbonyl (C=O) groups is 1. The fraction of sp³-hybridized carbons (Fsp3) is 0.533. The Kier molecular flexibility index (Phi) is 3.27. The molecule has 0 saturated carbocycles. The highest BCUT2D eigenvalue weighted by molar-refractivity contribution is 5.99. The molecule has 0 radical (unpaired) electrons. The van der Waals surface area contributed by atoms with E-state index in [-0.39, 0.29) is 11.2 Å². The summed E-state index contributed by atoms with van der Waals surface area (Å²) in [6.07, 6.45) is 2.20. The molecular weight excluding hydrogens is 196 g/mol. The summed E-state index contributed by atoms with van der Waals surface area (Å²) in [5, 5.41) is 0. The second-order valence-electron chi connectivity index (χ2n) is 5.44. The van der Waals surface area contributed by atoms with E-state index < -0.39 is 0 Å². The number of hydrogen-bond acceptors (Lipinski definition) is 1. The Bertz CT molecular complexity index is 424. The zero-order chi connectivity index (χ0) is 12.7. The molecule has 0 aliphatic heterocycles. The van der Waals surface area contributed by atoms with Crippen LogP contribution < -0.4 is 0 Å². The van der Waals surface area contributed by atoms with Gasteiger partial charge in [0.25, 0.3) is 0 Å². The summed E-state index contributed by atoms with van der Waals surface area (Å²) in [7, 11) is 0. The Morgan fingerprint density at radius 3 is 1.88 bits per heavy atom. The molecule has 0 atom stereocenters. The van der Waals surface area contributed by atoms with Crippen molar-refractivity contribution in [2.24, 2.45) is 5.41 Å². The van der Waals surface area contributed by atoms with E-state index in [0.29, 0.717) is 0 Å². The van der Waals surface area contributed by atoms with Crippen LogP contribution in [0, 0.1) is 5.41 Å². The average molecular weight is 218 g/mol. The van der Waals surface area contributed by atoms with E-state index in [1.54, 1.807) is 6.92 Å². The van der Waals surface area contributed by atoms with Crippen molar-refractivity contribution >= 4 is 5.78 Å². The first kappa shape index (κ1) is 13.0. The van der Waals surface area contributed by atoms with Crippen molar-refractivity contribution in [1.29, 1.82) is 0 Å². The SMILES string of the molecule is CC(=O)C(=C(C)C)C1=C(C)C=C(C)C1(C)C. The Morgan fingerprint density at radius 1 is 1.12 bits per heavy atom. The third-order valence-corrected chi connectivity index (χ3v) is 3.54. The van der Waals surface area contributed by atoms with Crippen LogP contribution in [-0.2, 0) is 4.79 Å². The number of carbonyl (C=O) groups excluding carboxylic acids is 1. The van der Waals surface area contributed by atoms with Crippen molar-refractivity contribution in [1.82, 2.24) is 0 Å². The van der Waals surface area contributed by atoms with Crippen LogP contribution in [0.4, 0.5) is 0 Å². The Hall–Kier alpha value is -1.11. The lowest BCUT2D eigenvalue weighted by atomic mass is 9.75. The van der Waals surface area contributed by atoms with E-state index >= 15 is 0 Å². The van der Waals surface area contributed by atoms with Crippen LogP contribution in [0.1, 0.15) is 48.5 Å². The lowest BCUT2D eigenvalue weighted by Crippen LogP contribution is -2.19. The van der Waals surface area contributed by atoms with Crippen molar-refractivity contribution in [3.05, 3.63) is 33.9 Å². The van der Waals surface area contributed by atoms with E-state index in [0.717, 1.165) is 11.1 Å². The number of allylic oxidation sites excluding steroid dienone is 6. The molecule has 0 N–H and O–H groups in total. The molecule has 16 heavy (non-hydrogen) atoms. The second kappa shape index (κ2) is 4.04. The maximum atomic E-state index is 11.8. The Balaban J connectivity index is 3.43. The van der Waals surface area contributed by atoms with Crippen LogP contribution in [0.15, 0.2) is 33.9 Å². The molecule has 1 aliphatic rings. The van der Waals surface area contributed by atoms with Gasteiger partial charge < -0.3 is 0 Å². The van der Waals surface area contributed by atoms with E-state index in [2.05, 4.69) is 33.8 Å².